The number of anilines is 1. The summed E-state index contributed by atoms with van der Waals surface area (Å²) in [6, 6.07) is -0.0378. The molecular weight excluding hydrogens is 584 g/mol. The zero-order chi connectivity index (χ0) is 32.1. The van der Waals surface area contributed by atoms with Crippen molar-refractivity contribution in [3.8, 4) is 5.75 Å². The number of aromatic hydroxyl groups is 1. The Morgan fingerprint density at radius 3 is 2.29 bits per heavy atom. The molecule has 42 heavy (non-hydrogen) atoms. The minimum atomic E-state index is -4.67. The van der Waals surface area contributed by atoms with Gasteiger partial charge < -0.3 is 31.5 Å². The number of nitro benzene ring substituents is 1. The standard InChI is InChI=1S/C24H28N4O9.H2O4S/c1-4-5-26-12-8-13(28(36)37)18(29)15-10(12)6-9-7-11-17(27(2)3)20(31)16(23(25)34)22(33)24(11,35)21(32)14(9)19(15)30;1-5(2,3)4/h8-9,11,17,26,29-30,33,35H,4-7H2,1-3H3,(H2,25,34);(H2,1,2,3,4)/t9?,11?,17-,24-;/m0./s1. The molecule has 0 aromatic heterocycles. The van der Waals surface area contributed by atoms with Crippen LogP contribution in [0.3, 0.4) is 0 Å². The van der Waals surface area contributed by atoms with Gasteiger partial charge in [-0.05, 0) is 44.8 Å². The fourth-order valence-electron chi connectivity index (χ4n) is 5.85. The number of carbonyl (C=O) groups excluding carboxylic acids is 3. The molecule has 0 heterocycles. The van der Waals surface area contributed by atoms with Gasteiger partial charge in [0.2, 0.25) is 11.5 Å². The third-order valence-corrected chi connectivity index (χ3v) is 7.46. The summed E-state index contributed by atoms with van der Waals surface area (Å²) in [5.74, 6) is -8.16. The van der Waals surface area contributed by atoms with Crippen LogP contribution in [-0.4, -0.2) is 97.5 Å². The van der Waals surface area contributed by atoms with Crippen LogP contribution in [0.1, 0.15) is 30.9 Å². The molecule has 1 saturated carbocycles. The van der Waals surface area contributed by atoms with Crippen molar-refractivity contribution < 1.29 is 57.3 Å². The molecule has 17 nitrogen and oxygen atoms in total. The van der Waals surface area contributed by atoms with Crippen LogP contribution in [0.2, 0.25) is 0 Å². The number of aliphatic hydroxyl groups is 3. The minimum Gasteiger partial charge on any atom is -0.508 e. The number of primary amides is 1. The number of nitrogens with two attached hydrogens (primary N) is 1. The van der Waals surface area contributed by atoms with E-state index in [2.05, 4.69) is 5.32 Å². The molecule has 1 aromatic rings. The summed E-state index contributed by atoms with van der Waals surface area (Å²) in [5, 5.41) is 59.0. The SMILES string of the molecule is CCCNc1cc([N+](=O)[O-])c(O)c2c1CC1CC3[C@H](N(C)C)C(=O)C(C(N)=O)=C(O)[C@@]3(O)C(=O)C1=C2O.O=S(=O)(O)O. The Hall–Kier alpha value is -4.10. The molecule has 1 amide bonds. The predicted molar refractivity (Wildman–Crippen MR) is 144 cm³/mol. The van der Waals surface area contributed by atoms with Gasteiger partial charge in [-0.25, -0.2) is 0 Å². The van der Waals surface area contributed by atoms with E-state index in [0.29, 0.717) is 24.2 Å². The predicted octanol–water partition coefficient (Wildman–Crippen LogP) is 0.0413. The van der Waals surface area contributed by atoms with E-state index in [1.807, 2.05) is 6.92 Å². The van der Waals surface area contributed by atoms with Gasteiger partial charge in [0, 0.05) is 29.8 Å². The molecule has 4 atom stereocenters. The van der Waals surface area contributed by atoms with Crippen LogP contribution < -0.4 is 11.1 Å². The van der Waals surface area contributed by atoms with Crippen molar-refractivity contribution in [3.05, 3.63) is 44.2 Å². The van der Waals surface area contributed by atoms with Crippen molar-refractivity contribution in [1.29, 1.82) is 0 Å². The maximum Gasteiger partial charge on any atom is 0.394 e. The van der Waals surface area contributed by atoms with Gasteiger partial charge in [-0.2, -0.15) is 8.42 Å². The molecule has 1 fully saturated rings. The van der Waals surface area contributed by atoms with E-state index in [1.54, 1.807) is 0 Å². The van der Waals surface area contributed by atoms with Gasteiger partial charge in [-0.3, -0.25) is 38.5 Å². The molecule has 230 valence electrons. The number of ketones is 2. The highest BCUT2D eigenvalue weighted by Crippen LogP contribution is 2.54. The number of phenolic OH excluding ortho intramolecular Hbond substituents is 1. The quantitative estimate of drug-likeness (QED) is 0.0690. The van der Waals surface area contributed by atoms with Crippen LogP contribution in [0.25, 0.3) is 5.76 Å². The van der Waals surface area contributed by atoms with E-state index in [9.17, 15) is 44.9 Å². The second kappa shape index (κ2) is 11.3. The van der Waals surface area contributed by atoms with Crippen molar-refractivity contribution in [2.24, 2.45) is 17.6 Å². The summed E-state index contributed by atoms with van der Waals surface area (Å²) in [6.45, 7) is 2.32. The van der Waals surface area contributed by atoms with Gasteiger partial charge in [-0.15, -0.1) is 0 Å². The Kier molecular flexibility index (Phi) is 8.71. The average molecular weight is 615 g/mol. The number of phenols is 1. The number of likely N-dealkylation sites (N-methyl/N-ethyl adjacent to an activating group) is 1. The number of fused-ring (bicyclic) bond motifs is 3. The van der Waals surface area contributed by atoms with E-state index in [1.165, 1.54) is 19.0 Å². The topological polar surface area (TPSA) is 291 Å². The van der Waals surface area contributed by atoms with Crippen LogP contribution in [0.4, 0.5) is 11.4 Å². The molecule has 0 spiro atoms. The summed E-state index contributed by atoms with van der Waals surface area (Å²) < 4.78 is 31.6. The molecule has 3 aliphatic carbocycles. The van der Waals surface area contributed by atoms with E-state index in [0.717, 1.165) is 6.07 Å². The van der Waals surface area contributed by atoms with Gasteiger partial charge in [0.15, 0.2) is 11.4 Å². The van der Waals surface area contributed by atoms with Crippen LogP contribution in [0.15, 0.2) is 23.0 Å². The number of benzene rings is 1. The van der Waals surface area contributed by atoms with Gasteiger partial charge in [0.1, 0.15) is 17.1 Å². The number of Topliss-reactive ketones (excluding diaryl/α,β-unsaturated/α-hetero) is 2. The first-order valence-electron chi connectivity index (χ1n) is 12.4. The number of rotatable bonds is 6. The second-order valence-corrected chi connectivity index (χ2v) is 11.1. The molecule has 0 bridgehead atoms. The van der Waals surface area contributed by atoms with Crippen LogP contribution in [0, 0.1) is 22.0 Å². The molecule has 0 radical (unpaired) electrons. The number of nitrogens with one attached hydrogen (secondary N) is 1. The monoisotopic (exact) mass is 614 g/mol. The lowest BCUT2D eigenvalue weighted by Gasteiger charge is -2.50. The molecule has 4 rings (SSSR count). The second-order valence-electron chi connectivity index (χ2n) is 10.2. The highest BCUT2D eigenvalue weighted by Gasteiger charge is 2.64. The lowest BCUT2D eigenvalue weighted by atomic mass is 9.57. The number of nitro groups is 1. The highest BCUT2D eigenvalue weighted by atomic mass is 32.3. The summed E-state index contributed by atoms with van der Waals surface area (Å²) in [7, 11) is -1.64. The molecule has 18 heteroatoms. The normalized spacial score (nSPS) is 25.3. The fraction of sp³-hybridized carbons (Fsp3) is 0.458. The van der Waals surface area contributed by atoms with Crippen molar-refractivity contribution in [2.75, 3.05) is 26.0 Å². The first-order valence-corrected chi connectivity index (χ1v) is 13.8. The van der Waals surface area contributed by atoms with Crippen molar-refractivity contribution in [1.82, 2.24) is 4.90 Å². The van der Waals surface area contributed by atoms with E-state index < -0.39 is 84.8 Å². The first kappa shape index (κ1) is 32.4. The highest BCUT2D eigenvalue weighted by molar-refractivity contribution is 7.79. The van der Waals surface area contributed by atoms with Crippen molar-refractivity contribution in [3.63, 3.8) is 0 Å². The maximum atomic E-state index is 13.8. The van der Waals surface area contributed by atoms with E-state index >= 15 is 0 Å². The molecule has 2 unspecified atom stereocenters. The molecule has 0 saturated heterocycles. The van der Waals surface area contributed by atoms with Gasteiger partial charge in [-0.1, -0.05) is 6.92 Å². The van der Waals surface area contributed by atoms with Crippen LogP contribution >= 0.6 is 0 Å². The van der Waals surface area contributed by atoms with Crippen molar-refractivity contribution in [2.45, 2.75) is 37.8 Å². The van der Waals surface area contributed by atoms with E-state index in [4.69, 9.17) is 23.3 Å². The number of carbonyl (C=O) groups is 3. The summed E-state index contributed by atoms with van der Waals surface area (Å²) >= 11 is 0. The molecule has 1 aromatic carbocycles. The maximum absolute atomic E-state index is 13.8. The zero-order valence-electron chi connectivity index (χ0n) is 22.6. The fourth-order valence-corrected chi connectivity index (χ4v) is 5.85. The number of aliphatic hydroxyl groups excluding tert-OH is 2. The Labute approximate surface area is 238 Å². The lowest BCUT2D eigenvalue weighted by Crippen LogP contribution is -2.65. The Morgan fingerprint density at radius 2 is 1.81 bits per heavy atom. The Morgan fingerprint density at radius 1 is 1.24 bits per heavy atom. The Bertz CT molecular complexity index is 1540. The van der Waals surface area contributed by atoms with Gasteiger partial charge in [0.05, 0.1) is 16.5 Å². The molecule has 9 N–H and O–H groups in total. The third kappa shape index (κ3) is 5.41. The summed E-state index contributed by atoms with van der Waals surface area (Å²) in [5.41, 5.74) is 0.844. The number of amides is 1. The van der Waals surface area contributed by atoms with Crippen LogP contribution in [0.5, 0.6) is 5.75 Å². The minimum absolute atomic E-state index is 0.0339. The summed E-state index contributed by atoms with van der Waals surface area (Å²) in [4.78, 5) is 51.1. The van der Waals surface area contributed by atoms with Crippen molar-refractivity contribution >= 4 is 45.0 Å². The number of hydrogen-bond acceptors (Lipinski definition) is 13. The smallest absolute Gasteiger partial charge is 0.394 e. The van der Waals surface area contributed by atoms with Gasteiger partial charge in [0.25, 0.3) is 5.91 Å². The third-order valence-electron chi connectivity index (χ3n) is 7.46. The molecule has 0 aliphatic heterocycles. The molecular formula is C24H30N4O13S. The largest absolute Gasteiger partial charge is 0.508 e. The van der Waals surface area contributed by atoms with Crippen LogP contribution in [-0.2, 0) is 31.2 Å². The number of hydrogen-bond donors (Lipinski definition) is 8. The van der Waals surface area contributed by atoms with E-state index in [-0.39, 0.29) is 24.0 Å². The zero-order valence-corrected chi connectivity index (χ0v) is 23.4. The average Bonchev–Trinajstić information content (AvgIpc) is 2.84. The Balaban J connectivity index is 0.000000892. The summed E-state index contributed by atoms with van der Waals surface area (Å²) in [6.07, 6.45) is 0.636. The lowest BCUT2D eigenvalue weighted by molar-refractivity contribution is -0.385. The number of nitrogens with zero attached hydrogens (tertiary/aromatic N) is 2. The van der Waals surface area contributed by atoms with Gasteiger partial charge >= 0.3 is 16.1 Å². The molecule has 3 aliphatic rings. The first-order chi connectivity index (χ1) is 19.3.